The molecule has 0 radical (unpaired) electrons. The third-order valence-corrected chi connectivity index (χ3v) is 5.67. The standard InChI is InChI=1S/C19H22N4O3S/c1-22-13-16-11-17(20)10-15(19(16)21-22)8-9-27(24,25)23(2)12-14-4-6-18(26-3)7-5-14/h4-11,13H,12,20H2,1-3H3/b9-8+. The van der Waals surface area contributed by atoms with Crippen LogP contribution >= 0.6 is 0 Å². The first kappa shape index (κ1) is 18.9. The Morgan fingerprint density at radius 2 is 1.96 bits per heavy atom. The summed E-state index contributed by atoms with van der Waals surface area (Å²) in [5.41, 5.74) is 8.70. The number of anilines is 1. The fourth-order valence-electron chi connectivity index (χ4n) is 2.77. The second kappa shape index (κ2) is 7.42. The van der Waals surface area contributed by atoms with Crippen LogP contribution in [-0.4, -0.2) is 36.7 Å². The van der Waals surface area contributed by atoms with E-state index in [1.54, 1.807) is 37.0 Å². The first-order valence-electron chi connectivity index (χ1n) is 8.29. The molecule has 1 aromatic heterocycles. The highest BCUT2D eigenvalue weighted by atomic mass is 32.2. The molecule has 27 heavy (non-hydrogen) atoms. The maximum absolute atomic E-state index is 12.6. The number of nitrogens with two attached hydrogens (primary N) is 1. The summed E-state index contributed by atoms with van der Waals surface area (Å²) in [5.74, 6) is 0.727. The number of hydrogen-bond donors (Lipinski definition) is 1. The molecule has 0 aliphatic carbocycles. The molecule has 8 heteroatoms. The van der Waals surface area contributed by atoms with Crippen molar-refractivity contribution in [3.8, 4) is 5.75 Å². The van der Waals surface area contributed by atoms with Crippen LogP contribution in [0.2, 0.25) is 0 Å². The zero-order chi connectivity index (χ0) is 19.6. The number of rotatable bonds is 6. The number of aromatic nitrogens is 2. The molecule has 0 atom stereocenters. The van der Waals surface area contributed by atoms with Crippen LogP contribution < -0.4 is 10.5 Å². The lowest BCUT2D eigenvalue weighted by atomic mass is 10.1. The second-order valence-electron chi connectivity index (χ2n) is 6.30. The number of nitrogen functional groups attached to an aromatic ring is 1. The Hall–Kier alpha value is -2.84. The van der Waals surface area contributed by atoms with E-state index in [1.807, 2.05) is 31.4 Å². The summed E-state index contributed by atoms with van der Waals surface area (Å²) in [7, 11) is 1.34. The van der Waals surface area contributed by atoms with E-state index >= 15 is 0 Å². The summed E-state index contributed by atoms with van der Waals surface area (Å²) in [6, 6.07) is 10.8. The van der Waals surface area contributed by atoms with Gasteiger partial charge in [-0.3, -0.25) is 4.68 Å². The number of ether oxygens (including phenoxy) is 1. The molecule has 0 unspecified atom stereocenters. The number of sulfonamides is 1. The Morgan fingerprint density at radius 3 is 2.63 bits per heavy atom. The Bertz CT molecular complexity index is 1090. The van der Waals surface area contributed by atoms with Crippen LogP contribution in [-0.2, 0) is 23.6 Å². The molecule has 0 saturated carbocycles. The normalized spacial score (nSPS) is 12.3. The Labute approximate surface area is 158 Å². The second-order valence-corrected chi connectivity index (χ2v) is 8.23. The molecule has 142 valence electrons. The molecule has 0 amide bonds. The third kappa shape index (κ3) is 4.29. The maximum atomic E-state index is 12.6. The smallest absolute Gasteiger partial charge is 0.236 e. The van der Waals surface area contributed by atoms with E-state index in [0.717, 1.165) is 16.7 Å². The van der Waals surface area contributed by atoms with Crippen LogP contribution in [0.4, 0.5) is 5.69 Å². The number of benzene rings is 2. The number of nitrogens with zero attached hydrogens (tertiary/aromatic N) is 3. The van der Waals surface area contributed by atoms with Gasteiger partial charge in [0.05, 0.1) is 12.6 Å². The van der Waals surface area contributed by atoms with Crippen molar-refractivity contribution in [1.29, 1.82) is 0 Å². The minimum Gasteiger partial charge on any atom is -0.497 e. The Morgan fingerprint density at radius 1 is 1.26 bits per heavy atom. The molecule has 0 fully saturated rings. The van der Waals surface area contributed by atoms with Gasteiger partial charge in [-0.15, -0.1) is 0 Å². The van der Waals surface area contributed by atoms with Crippen molar-refractivity contribution in [2.45, 2.75) is 6.54 Å². The lowest BCUT2D eigenvalue weighted by molar-refractivity contribution is 0.414. The third-order valence-electron chi connectivity index (χ3n) is 4.19. The first-order valence-corrected chi connectivity index (χ1v) is 9.79. The van der Waals surface area contributed by atoms with E-state index in [-0.39, 0.29) is 6.54 Å². The first-order chi connectivity index (χ1) is 12.8. The molecule has 0 aliphatic rings. The van der Waals surface area contributed by atoms with Crippen molar-refractivity contribution in [2.75, 3.05) is 19.9 Å². The quantitative estimate of drug-likeness (QED) is 0.658. The van der Waals surface area contributed by atoms with Gasteiger partial charge in [0.2, 0.25) is 10.0 Å². The highest BCUT2D eigenvalue weighted by Gasteiger charge is 2.15. The molecule has 0 bridgehead atoms. The topological polar surface area (TPSA) is 90.5 Å². The van der Waals surface area contributed by atoms with Crippen molar-refractivity contribution < 1.29 is 13.2 Å². The minimum absolute atomic E-state index is 0.257. The molecule has 1 heterocycles. The number of methoxy groups -OCH3 is 1. The van der Waals surface area contributed by atoms with E-state index in [1.165, 1.54) is 15.8 Å². The largest absolute Gasteiger partial charge is 0.497 e. The summed E-state index contributed by atoms with van der Waals surface area (Å²) in [5, 5.41) is 6.42. The van der Waals surface area contributed by atoms with Gasteiger partial charge in [-0.2, -0.15) is 9.40 Å². The van der Waals surface area contributed by atoms with Gasteiger partial charge in [-0.25, -0.2) is 8.42 Å². The minimum atomic E-state index is -3.60. The molecular formula is C19H22N4O3S. The summed E-state index contributed by atoms with van der Waals surface area (Å²) in [4.78, 5) is 0. The number of aryl methyl sites for hydroxylation is 1. The fourth-order valence-corrected chi connectivity index (χ4v) is 3.63. The highest BCUT2D eigenvalue weighted by Crippen LogP contribution is 2.23. The van der Waals surface area contributed by atoms with Crippen molar-refractivity contribution in [1.82, 2.24) is 14.1 Å². The zero-order valence-electron chi connectivity index (χ0n) is 15.5. The van der Waals surface area contributed by atoms with Gasteiger partial charge in [0, 0.05) is 48.9 Å². The average molecular weight is 386 g/mol. The molecule has 2 aromatic carbocycles. The molecular weight excluding hydrogens is 364 g/mol. The van der Waals surface area contributed by atoms with Gasteiger partial charge in [0.1, 0.15) is 5.75 Å². The van der Waals surface area contributed by atoms with Crippen LogP contribution in [0.5, 0.6) is 5.75 Å². The van der Waals surface area contributed by atoms with Crippen molar-refractivity contribution in [3.63, 3.8) is 0 Å². The van der Waals surface area contributed by atoms with Crippen LogP contribution in [0, 0.1) is 0 Å². The van der Waals surface area contributed by atoms with Gasteiger partial charge in [-0.05, 0) is 35.9 Å². The fraction of sp³-hybridized carbons (Fsp3) is 0.211. The summed E-state index contributed by atoms with van der Waals surface area (Å²) < 4.78 is 33.3. The van der Waals surface area contributed by atoms with Crippen LogP contribution in [0.15, 0.2) is 48.0 Å². The van der Waals surface area contributed by atoms with Crippen LogP contribution in [0.3, 0.4) is 0 Å². The predicted octanol–water partition coefficient (Wildman–Crippen LogP) is 2.60. The van der Waals surface area contributed by atoms with Gasteiger partial charge in [0.25, 0.3) is 0 Å². The van der Waals surface area contributed by atoms with Gasteiger partial charge >= 0.3 is 0 Å². The van der Waals surface area contributed by atoms with E-state index in [0.29, 0.717) is 16.8 Å². The van der Waals surface area contributed by atoms with Crippen molar-refractivity contribution in [2.24, 2.45) is 7.05 Å². The molecule has 3 aromatic rings. The van der Waals surface area contributed by atoms with Gasteiger partial charge < -0.3 is 10.5 Å². The molecule has 0 saturated heterocycles. The van der Waals surface area contributed by atoms with E-state index in [2.05, 4.69) is 5.10 Å². The Kier molecular flexibility index (Phi) is 5.20. The summed E-state index contributed by atoms with van der Waals surface area (Å²) >= 11 is 0. The molecule has 3 rings (SSSR count). The van der Waals surface area contributed by atoms with Gasteiger partial charge in [-0.1, -0.05) is 12.1 Å². The van der Waals surface area contributed by atoms with Crippen molar-refractivity contribution >= 4 is 32.7 Å². The average Bonchev–Trinajstić information content (AvgIpc) is 3.00. The van der Waals surface area contributed by atoms with E-state index in [4.69, 9.17) is 10.5 Å². The van der Waals surface area contributed by atoms with Crippen LogP contribution in [0.25, 0.3) is 17.0 Å². The Balaban J connectivity index is 1.82. The lowest BCUT2D eigenvalue weighted by Gasteiger charge is -2.15. The summed E-state index contributed by atoms with van der Waals surface area (Å²) in [6.07, 6.45) is 3.37. The predicted molar refractivity (Wildman–Crippen MR) is 108 cm³/mol. The SMILES string of the molecule is COc1ccc(CN(C)S(=O)(=O)/C=C/c2cc(N)cc3cn(C)nc23)cc1. The number of hydrogen-bond acceptors (Lipinski definition) is 5. The van der Waals surface area contributed by atoms with Crippen LogP contribution in [0.1, 0.15) is 11.1 Å². The lowest BCUT2D eigenvalue weighted by Crippen LogP contribution is -2.24. The maximum Gasteiger partial charge on any atom is 0.236 e. The molecule has 7 nitrogen and oxygen atoms in total. The highest BCUT2D eigenvalue weighted by molar-refractivity contribution is 7.92. The number of fused-ring (bicyclic) bond motifs is 1. The van der Waals surface area contributed by atoms with Crippen molar-refractivity contribution in [3.05, 3.63) is 59.1 Å². The monoisotopic (exact) mass is 386 g/mol. The zero-order valence-corrected chi connectivity index (χ0v) is 16.3. The molecule has 0 aliphatic heterocycles. The molecule has 2 N–H and O–H groups in total. The van der Waals surface area contributed by atoms with E-state index in [9.17, 15) is 8.42 Å². The van der Waals surface area contributed by atoms with E-state index < -0.39 is 10.0 Å². The molecule has 0 spiro atoms. The summed E-state index contributed by atoms with van der Waals surface area (Å²) in [6.45, 7) is 0.257. The van der Waals surface area contributed by atoms with Gasteiger partial charge in [0.15, 0.2) is 0 Å².